The summed E-state index contributed by atoms with van der Waals surface area (Å²) in [5.74, 6) is 4.04. The molecule has 0 spiro atoms. The lowest BCUT2D eigenvalue weighted by molar-refractivity contribution is -0.150. The molecule has 0 saturated carbocycles. The van der Waals surface area contributed by atoms with Crippen LogP contribution in [-0.4, -0.2) is 64.5 Å². The lowest BCUT2D eigenvalue weighted by Gasteiger charge is -2.29. The van der Waals surface area contributed by atoms with Crippen molar-refractivity contribution in [2.75, 3.05) is 19.6 Å². The number of nitrogens with zero attached hydrogens (tertiary/aromatic N) is 2. The highest BCUT2D eigenvalue weighted by Gasteiger charge is 2.38. The average Bonchev–Trinajstić information content (AvgIpc) is 3.01. The van der Waals surface area contributed by atoms with Gasteiger partial charge in [-0.05, 0) is 25.2 Å². The number of nitrogens with one attached hydrogen (secondary N) is 1. The Morgan fingerprint density at radius 3 is 2.56 bits per heavy atom. The third-order valence-electron chi connectivity index (χ3n) is 4.47. The minimum atomic E-state index is -0.997. The monoisotopic (exact) mass is 356 g/mol. The van der Waals surface area contributed by atoms with Crippen LogP contribution in [0.3, 0.4) is 0 Å². The van der Waals surface area contributed by atoms with Crippen molar-refractivity contribution in [1.29, 1.82) is 0 Å². The summed E-state index contributed by atoms with van der Waals surface area (Å²) in [4.78, 5) is 37.6. The van der Waals surface area contributed by atoms with E-state index in [1.165, 1.54) is 9.91 Å². The van der Waals surface area contributed by atoms with Crippen LogP contribution >= 0.6 is 0 Å². The number of carboxylic acid groups (broad SMARTS) is 1. The van der Waals surface area contributed by atoms with Crippen molar-refractivity contribution in [2.24, 2.45) is 11.8 Å². The van der Waals surface area contributed by atoms with Crippen molar-refractivity contribution < 1.29 is 19.5 Å². The molecule has 1 saturated heterocycles. The zero-order valence-corrected chi connectivity index (χ0v) is 15.5. The molecule has 25 heavy (non-hydrogen) atoms. The van der Waals surface area contributed by atoms with Crippen LogP contribution in [-0.2, 0) is 14.4 Å². The summed E-state index contributed by atoms with van der Waals surface area (Å²) >= 11 is 0. The molecule has 0 aromatic rings. The van der Waals surface area contributed by atoms with E-state index in [0.717, 1.165) is 19.3 Å². The minimum Gasteiger partial charge on any atom is -0.480 e. The number of carboxylic acids is 1. The Morgan fingerprint density at radius 2 is 2.00 bits per heavy atom. The van der Waals surface area contributed by atoms with Gasteiger partial charge in [-0.15, -0.1) is 0 Å². The van der Waals surface area contributed by atoms with Gasteiger partial charge in [0.1, 0.15) is 12.1 Å². The predicted octanol–water partition coefficient (Wildman–Crippen LogP) is 0.569. The number of amides is 2. The molecule has 0 aromatic carbocycles. The molecule has 0 aromatic heterocycles. The Kier molecular flexibility index (Phi) is 8.85. The molecule has 1 aliphatic heterocycles. The fourth-order valence-corrected chi connectivity index (χ4v) is 3.03. The zero-order chi connectivity index (χ0) is 19.0. The third kappa shape index (κ3) is 6.62. The Labute approximate surface area is 149 Å². The van der Waals surface area contributed by atoms with Gasteiger partial charge in [0.15, 0.2) is 0 Å². The van der Waals surface area contributed by atoms with E-state index in [2.05, 4.69) is 12.2 Å². The number of likely N-dealkylation sites (tertiary alicyclic amines) is 1. The number of carbonyl (C=O) groups excluding carboxylic acids is 2. The first-order valence-electron chi connectivity index (χ1n) is 9.10. The molecule has 144 valence electrons. The van der Waals surface area contributed by atoms with Gasteiger partial charge in [0, 0.05) is 13.1 Å². The number of hydrazine groups is 1. The van der Waals surface area contributed by atoms with Gasteiger partial charge in [-0.25, -0.2) is 9.80 Å². The SMILES string of the molecule is CCCCCN(N)CC(=O)NC(C(=O)N1CCC[C@H]1C(=O)O)C(C)C. The number of unbranched alkanes of at least 4 members (excludes halogenated alkanes) is 2. The topological polar surface area (TPSA) is 116 Å². The number of carbonyl (C=O) groups is 3. The normalized spacial score (nSPS) is 18.6. The second-order valence-corrected chi connectivity index (χ2v) is 6.99. The smallest absolute Gasteiger partial charge is 0.326 e. The quantitative estimate of drug-likeness (QED) is 0.299. The lowest BCUT2D eigenvalue weighted by Crippen LogP contribution is -2.55. The fourth-order valence-electron chi connectivity index (χ4n) is 3.03. The zero-order valence-electron chi connectivity index (χ0n) is 15.5. The van der Waals surface area contributed by atoms with E-state index in [1.54, 1.807) is 0 Å². The van der Waals surface area contributed by atoms with Gasteiger partial charge in [0.2, 0.25) is 11.8 Å². The van der Waals surface area contributed by atoms with E-state index >= 15 is 0 Å². The van der Waals surface area contributed by atoms with Crippen LogP contribution in [0, 0.1) is 5.92 Å². The second kappa shape index (κ2) is 10.4. The molecule has 1 unspecified atom stereocenters. The van der Waals surface area contributed by atoms with Crippen LogP contribution in [0.15, 0.2) is 0 Å². The van der Waals surface area contributed by atoms with Gasteiger partial charge in [-0.1, -0.05) is 33.6 Å². The summed E-state index contributed by atoms with van der Waals surface area (Å²) in [6.45, 7) is 6.80. The van der Waals surface area contributed by atoms with E-state index in [1.807, 2.05) is 13.8 Å². The fraction of sp³-hybridized carbons (Fsp3) is 0.824. The van der Waals surface area contributed by atoms with Crippen LogP contribution in [0.4, 0.5) is 0 Å². The molecule has 0 aliphatic carbocycles. The summed E-state index contributed by atoms with van der Waals surface area (Å²) in [6, 6.07) is -1.54. The van der Waals surface area contributed by atoms with Crippen LogP contribution in [0.1, 0.15) is 52.9 Å². The van der Waals surface area contributed by atoms with Crippen LogP contribution in [0.2, 0.25) is 0 Å². The summed E-state index contributed by atoms with van der Waals surface area (Å²) in [7, 11) is 0. The van der Waals surface area contributed by atoms with E-state index < -0.39 is 18.1 Å². The maximum Gasteiger partial charge on any atom is 0.326 e. The molecule has 8 heteroatoms. The Hall–Kier alpha value is -1.67. The summed E-state index contributed by atoms with van der Waals surface area (Å²) in [6.07, 6.45) is 4.16. The van der Waals surface area contributed by atoms with Crippen molar-refractivity contribution in [1.82, 2.24) is 15.2 Å². The van der Waals surface area contributed by atoms with Gasteiger partial charge in [0.25, 0.3) is 0 Å². The number of rotatable bonds is 10. The van der Waals surface area contributed by atoms with E-state index in [-0.39, 0.29) is 24.3 Å². The van der Waals surface area contributed by atoms with Crippen molar-refractivity contribution >= 4 is 17.8 Å². The second-order valence-electron chi connectivity index (χ2n) is 6.99. The Balaban J connectivity index is 2.62. The number of hydrogen-bond donors (Lipinski definition) is 3. The van der Waals surface area contributed by atoms with Crippen LogP contribution in [0.5, 0.6) is 0 Å². The van der Waals surface area contributed by atoms with Crippen LogP contribution in [0.25, 0.3) is 0 Å². The molecule has 0 bridgehead atoms. The minimum absolute atomic E-state index is 0.0164. The molecular weight excluding hydrogens is 324 g/mol. The van der Waals surface area contributed by atoms with Gasteiger partial charge >= 0.3 is 5.97 Å². The number of aliphatic carboxylic acids is 1. The molecule has 1 aliphatic rings. The molecule has 0 radical (unpaired) electrons. The Bertz CT molecular complexity index is 470. The van der Waals surface area contributed by atoms with Crippen molar-refractivity contribution in [2.45, 2.75) is 65.0 Å². The van der Waals surface area contributed by atoms with Gasteiger partial charge in [0.05, 0.1) is 6.54 Å². The van der Waals surface area contributed by atoms with E-state index in [4.69, 9.17) is 5.84 Å². The number of nitrogens with two attached hydrogens (primary N) is 1. The van der Waals surface area contributed by atoms with E-state index in [0.29, 0.717) is 25.9 Å². The average molecular weight is 356 g/mol. The maximum absolute atomic E-state index is 12.7. The van der Waals surface area contributed by atoms with Crippen molar-refractivity contribution in [3.05, 3.63) is 0 Å². The lowest BCUT2D eigenvalue weighted by atomic mass is 10.0. The van der Waals surface area contributed by atoms with Crippen molar-refractivity contribution in [3.8, 4) is 0 Å². The molecule has 4 N–H and O–H groups in total. The van der Waals surface area contributed by atoms with Gasteiger partial charge in [-0.3, -0.25) is 15.4 Å². The molecule has 2 amide bonds. The highest BCUT2D eigenvalue weighted by molar-refractivity contribution is 5.91. The Morgan fingerprint density at radius 1 is 1.32 bits per heavy atom. The van der Waals surface area contributed by atoms with E-state index in [9.17, 15) is 19.5 Å². The highest BCUT2D eigenvalue weighted by Crippen LogP contribution is 2.20. The highest BCUT2D eigenvalue weighted by atomic mass is 16.4. The van der Waals surface area contributed by atoms with Gasteiger partial charge in [-0.2, -0.15) is 0 Å². The summed E-state index contributed by atoms with van der Waals surface area (Å²) in [5, 5.41) is 13.4. The molecule has 1 heterocycles. The number of hydrogen-bond acceptors (Lipinski definition) is 5. The summed E-state index contributed by atoms with van der Waals surface area (Å²) < 4.78 is 0. The molecular formula is C17H32N4O4. The molecule has 2 atom stereocenters. The maximum atomic E-state index is 12.7. The van der Waals surface area contributed by atoms with Gasteiger partial charge < -0.3 is 15.3 Å². The standard InChI is InChI=1S/C17H32N4O4/c1-4-5-6-9-20(18)11-14(22)19-15(12(2)3)16(23)21-10-7-8-13(21)17(24)25/h12-13,15H,4-11,18H2,1-3H3,(H,19,22)(H,24,25)/t13-,15?/m0/s1. The molecule has 8 nitrogen and oxygen atoms in total. The predicted molar refractivity (Wildman–Crippen MR) is 94.4 cm³/mol. The molecule has 1 rings (SSSR count). The van der Waals surface area contributed by atoms with Crippen molar-refractivity contribution in [3.63, 3.8) is 0 Å². The first kappa shape index (κ1) is 21.4. The third-order valence-corrected chi connectivity index (χ3v) is 4.47. The molecule has 1 fully saturated rings. The van der Waals surface area contributed by atoms with Crippen LogP contribution < -0.4 is 11.2 Å². The first-order chi connectivity index (χ1) is 11.8. The largest absolute Gasteiger partial charge is 0.480 e. The summed E-state index contributed by atoms with van der Waals surface area (Å²) in [5.41, 5.74) is 0. The first-order valence-corrected chi connectivity index (χ1v) is 9.10.